The molecule has 0 N–H and O–H groups in total. The Kier molecular flexibility index (Phi) is 5.15. The van der Waals surface area contributed by atoms with E-state index in [2.05, 4.69) is 38.5 Å². The fourth-order valence-corrected chi connectivity index (χ4v) is 2.30. The summed E-state index contributed by atoms with van der Waals surface area (Å²) in [5, 5.41) is 9.02. The van der Waals surface area contributed by atoms with Gasteiger partial charge in [0.2, 0.25) is 0 Å². The number of ether oxygens (including phenoxy) is 1. The van der Waals surface area contributed by atoms with Crippen molar-refractivity contribution in [2.24, 2.45) is 0 Å². The van der Waals surface area contributed by atoms with E-state index < -0.39 is 0 Å². The monoisotopic (exact) mass is 441 g/mol. The summed E-state index contributed by atoms with van der Waals surface area (Å²) in [7, 11) is 0. The first-order valence-electron chi connectivity index (χ1n) is 5.71. The number of nitriles is 1. The van der Waals surface area contributed by atoms with Gasteiger partial charge in [-0.2, -0.15) is 5.26 Å². The zero-order valence-corrected chi connectivity index (χ0v) is 14.0. The molecule has 0 aliphatic heterocycles. The average molecular weight is 442 g/mol. The molecule has 0 saturated carbocycles. The van der Waals surface area contributed by atoms with Gasteiger partial charge in [0.25, 0.3) is 0 Å². The minimum absolute atomic E-state index is 0.0864. The highest BCUT2D eigenvalue weighted by atomic mass is 127. The van der Waals surface area contributed by atoms with Gasteiger partial charge in [-0.15, -0.1) is 0 Å². The number of benzene rings is 2. The molecule has 0 atom stereocenters. The summed E-state index contributed by atoms with van der Waals surface area (Å²) in [5.74, 6) is 0.294. The zero-order valence-electron chi connectivity index (χ0n) is 10.3. The van der Waals surface area contributed by atoms with Crippen molar-refractivity contribution in [3.05, 3.63) is 61.6 Å². The first-order chi connectivity index (χ1) is 9.60. The Hall–Kier alpha value is -1.39. The molecule has 0 radical (unpaired) electrons. The Morgan fingerprint density at radius 3 is 2.60 bits per heavy atom. The summed E-state index contributed by atoms with van der Waals surface area (Å²) in [6.07, 6.45) is 0. The standard InChI is InChI=1S/C15H9BrINO2/c16-12-3-6-15(11(7-12)8-18)20-9-14(19)10-1-4-13(17)5-2-10/h1-7H,9H2. The van der Waals surface area contributed by atoms with Gasteiger partial charge in [0.05, 0.1) is 5.56 Å². The first kappa shape index (κ1) is 15.0. The Morgan fingerprint density at radius 2 is 1.95 bits per heavy atom. The predicted molar refractivity (Wildman–Crippen MR) is 87.8 cm³/mol. The van der Waals surface area contributed by atoms with E-state index in [-0.39, 0.29) is 12.4 Å². The molecule has 2 rings (SSSR count). The number of nitrogens with zero attached hydrogens (tertiary/aromatic N) is 1. The van der Waals surface area contributed by atoms with Crippen LogP contribution in [0.1, 0.15) is 15.9 Å². The van der Waals surface area contributed by atoms with Gasteiger partial charge in [-0.25, -0.2) is 0 Å². The van der Waals surface area contributed by atoms with E-state index in [4.69, 9.17) is 10.00 Å². The lowest BCUT2D eigenvalue weighted by molar-refractivity contribution is 0.0921. The summed E-state index contributed by atoms with van der Waals surface area (Å²) in [5.41, 5.74) is 0.996. The van der Waals surface area contributed by atoms with E-state index in [1.54, 1.807) is 30.3 Å². The van der Waals surface area contributed by atoms with Crippen molar-refractivity contribution in [2.75, 3.05) is 6.61 Å². The second kappa shape index (κ2) is 6.86. The third-order valence-electron chi connectivity index (χ3n) is 2.59. The quantitative estimate of drug-likeness (QED) is 0.528. The predicted octanol–water partition coefficient (Wildman–Crippen LogP) is 4.19. The highest BCUT2D eigenvalue weighted by Gasteiger charge is 2.09. The third-order valence-corrected chi connectivity index (χ3v) is 3.80. The Bertz CT molecular complexity index is 677. The van der Waals surface area contributed by atoms with E-state index in [0.29, 0.717) is 16.9 Å². The minimum Gasteiger partial charge on any atom is -0.484 e. The van der Waals surface area contributed by atoms with Crippen molar-refractivity contribution in [3.63, 3.8) is 0 Å². The Balaban J connectivity index is 2.07. The number of halogens is 2. The molecule has 0 aliphatic carbocycles. The summed E-state index contributed by atoms with van der Waals surface area (Å²) >= 11 is 5.47. The van der Waals surface area contributed by atoms with E-state index in [1.807, 2.05) is 18.2 Å². The Morgan fingerprint density at radius 1 is 1.25 bits per heavy atom. The summed E-state index contributed by atoms with van der Waals surface area (Å²) < 4.78 is 7.30. The van der Waals surface area contributed by atoms with Gasteiger partial charge in [0.15, 0.2) is 12.4 Å². The molecule has 3 nitrogen and oxygen atoms in total. The van der Waals surface area contributed by atoms with Crippen LogP contribution in [0, 0.1) is 14.9 Å². The summed E-state index contributed by atoms with van der Waals surface area (Å²) in [6, 6.07) is 14.4. The number of carbonyl (C=O) groups excluding carboxylic acids is 1. The molecule has 2 aromatic rings. The molecule has 0 aliphatic rings. The van der Waals surface area contributed by atoms with Gasteiger partial charge >= 0.3 is 0 Å². The molecule has 0 unspecified atom stereocenters. The maximum Gasteiger partial charge on any atom is 0.200 e. The van der Waals surface area contributed by atoms with Gasteiger partial charge < -0.3 is 4.74 Å². The van der Waals surface area contributed by atoms with Crippen LogP contribution in [0.15, 0.2) is 46.9 Å². The van der Waals surface area contributed by atoms with Crippen molar-refractivity contribution in [1.82, 2.24) is 0 Å². The highest BCUT2D eigenvalue weighted by Crippen LogP contribution is 2.22. The number of carbonyl (C=O) groups is 1. The summed E-state index contributed by atoms with van der Waals surface area (Å²) in [6.45, 7) is -0.0864. The number of ketones is 1. The zero-order chi connectivity index (χ0) is 14.5. The topological polar surface area (TPSA) is 50.1 Å². The number of Topliss-reactive ketones (excluding diaryl/α,β-unsaturated/α-hetero) is 1. The van der Waals surface area contributed by atoms with Crippen LogP contribution in [-0.2, 0) is 0 Å². The van der Waals surface area contributed by atoms with Gasteiger partial charge in [-0.05, 0) is 52.9 Å². The van der Waals surface area contributed by atoms with Crippen LogP contribution < -0.4 is 4.74 Å². The van der Waals surface area contributed by atoms with Gasteiger partial charge in [0.1, 0.15) is 11.8 Å². The van der Waals surface area contributed by atoms with Crippen molar-refractivity contribution >= 4 is 44.3 Å². The molecule has 0 heterocycles. The van der Waals surface area contributed by atoms with Crippen molar-refractivity contribution in [3.8, 4) is 11.8 Å². The van der Waals surface area contributed by atoms with Crippen molar-refractivity contribution in [1.29, 1.82) is 5.26 Å². The van der Waals surface area contributed by atoms with E-state index >= 15 is 0 Å². The number of rotatable bonds is 4. The molecule has 0 spiro atoms. The molecule has 0 saturated heterocycles. The molecule has 0 amide bonds. The largest absolute Gasteiger partial charge is 0.484 e. The normalized spacial score (nSPS) is 9.85. The average Bonchev–Trinajstić information content (AvgIpc) is 2.46. The second-order valence-corrected chi connectivity index (χ2v) is 6.13. The molecule has 100 valence electrons. The molecule has 2 aromatic carbocycles. The van der Waals surface area contributed by atoms with E-state index in [9.17, 15) is 4.79 Å². The lowest BCUT2D eigenvalue weighted by Gasteiger charge is -2.07. The molecule has 5 heteroatoms. The Labute approximate surface area is 138 Å². The first-order valence-corrected chi connectivity index (χ1v) is 7.58. The molecular formula is C15H9BrINO2. The molecule has 0 bridgehead atoms. The molecule has 0 fully saturated rings. The van der Waals surface area contributed by atoms with Crippen molar-refractivity contribution in [2.45, 2.75) is 0 Å². The maximum absolute atomic E-state index is 12.0. The van der Waals surface area contributed by atoms with Crippen LogP contribution in [0.25, 0.3) is 0 Å². The number of hydrogen-bond acceptors (Lipinski definition) is 3. The highest BCUT2D eigenvalue weighted by molar-refractivity contribution is 14.1. The molecule has 0 aromatic heterocycles. The van der Waals surface area contributed by atoms with Crippen LogP contribution in [0.5, 0.6) is 5.75 Å². The lowest BCUT2D eigenvalue weighted by Crippen LogP contribution is -2.12. The van der Waals surface area contributed by atoms with Crippen LogP contribution in [0.2, 0.25) is 0 Å². The van der Waals surface area contributed by atoms with Crippen LogP contribution in [0.3, 0.4) is 0 Å². The van der Waals surface area contributed by atoms with E-state index in [0.717, 1.165) is 8.04 Å². The minimum atomic E-state index is -0.117. The van der Waals surface area contributed by atoms with Crippen LogP contribution >= 0.6 is 38.5 Å². The SMILES string of the molecule is N#Cc1cc(Br)ccc1OCC(=O)c1ccc(I)cc1. The fraction of sp³-hybridized carbons (Fsp3) is 0.0667. The smallest absolute Gasteiger partial charge is 0.200 e. The van der Waals surface area contributed by atoms with Gasteiger partial charge in [-0.1, -0.05) is 28.1 Å². The van der Waals surface area contributed by atoms with Crippen LogP contribution in [0.4, 0.5) is 0 Å². The fourth-order valence-electron chi connectivity index (χ4n) is 1.58. The number of hydrogen-bond donors (Lipinski definition) is 0. The lowest BCUT2D eigenvalue weighted by atomic mass is 10.1. The molecular weight excluding hydrogens is 433 g/mol. The van der Waals surface area contributed by atoms with E-state index in [1.165, 1.54) is 0 Å². The van der Waals surface area contributed by atoms with Gasteiger partial charge in [0, 0.05) is 13.6 Å². The van der Waals surface area contributed by atoms with Crippen LogP contribution in [-0.4, -0.2) is 12.4 Å². The van der Waals surface area contributed by atoms with Crippen molar-refractivity contribution < 1.29 is 9.53 Å². The molecule has 20 heavy (non-hydrogen) atoms. The third kappa shape index (κ3) is 3.81. The second-order valence-electron chi connectivity index (χ2n) is 3.97. The maximum atomic E-state index is 12.0. The van der Waals surface area contributed by atoms with Gasteiger partial charge in [-0.3, -0.25) is 4.79 Å². The summed E-state index contributed by atoms with van der Waals surface area (Å²) in [4.78, 5) is 12.0.